The van der Waals surface area contributed by atoms with Gasteiger partial charge in [0, 0.05) is 38.7 Å². The third kappa shape index (κ3) is 6.08. The summed E-state index contributed by atoms with van der Waals surface area (Å²) in [6.45, 7) is 11.5. The first-order valence-electron chi connectivity index (χ1n) is 21.4. The van der Waals surface area contributed by atoms with Crippen LogP contribution in [0.1, 0.15) is 51.3 Å². The lowest BCUT2D eigenvalue weighted by Gasteiger charge is -2.30. The topological polar surface area (TPSA) is 16.4 Å². The van der Waals surface area contributed by atoms with Crippen LogP contribution in [0, 0.1) is 0 Å². The standard InChI is InChI=1S/C59H47NO/c1-58(2,3)43-30-25-40(26-31-43)38-21-23-39(24-22-38)41-27-32-44(33-28-41)60(45-34-35-53-51(37-45)47-15-8-10-19-52(47)59(53,4)5)54-36-29-42-13-6-7-14-46(42)56(54)50-18-12-17-49-48-16-9-11-20-55(48)61-57(49)50/h6-37H,1-5H3. The Morgan fingerprint density at radius 2 is 1.00 bits per heavy atom. The van der Waals surface area contributed by atoms with Crippen LogP contribution in [-0.4, -0.2) is 0 Å². The van der Waals surface area contributed by atoms with Gasteiger partial charge in [-0.25, -0.2) is 0 Å². The van der Waals surface area contributed by atoms with Crippen LogP contribution in [0.4, 0.5) is 17.1 Å². The molecule has 0 amide bonds. The number of hydrogen-bond acceptors (Lipinski definition) is 2. The third-order valence-corrected chi connectivity index (χ3v) is 13.1. The second-order valence-electron chi connectivity index (χ2n) is 18.1. The maximum Gasteiger partial charge on any atom is 0.143 e. The Kier molecular flexibility index (Phi) is 8.44. The zero-order chi connectivity index (χ0) is 41.5. The number of rotatable bonds is 6. The quantitative estimate of drug-likeness (QED) is 0.167. The van der Waals surface area contributed by atoms with Crippen LogP contribution in [0.25, 0.3) is 77.2 Å². The van der Waals surface area contributed by atoms with Gasteiger partial charge in [0.1, 0.15) is 11.2 Å². The summed E-state index contributed by atoms with van der Waals surface area (Å²) < 4.78 is 6.76. The van der Waals surface area contributed by atoms with E-state index in [2.05, 4.69) is 228 Å². The molecule has 0 unspecified atom stereocenters. The van der Waals surface area contributed by atoms with E-state index < -0.39 is 0 Å². The van der Waals surface area contributed by atoms with Crippen LogP contribution < -0.4 is 4.90 Å². The molecule has 0 bridgehead atoms. The van der Waals surface area contributed by atoms with E-state index in [9.17, 15) is 0 Å². The molecule has 0 saturated heterocycles. The maximum absolute atomic E-state index is 6.76. The summed E-state index contributed by atoms with van der Waals surface area (Å²) in [7, 11) is 0. The van der Waals surface area contributed by atoms with Crippen LogP contribution in [-0.2, 0) is 10.8 Å². The molecule has 9 aromatic carbocycles. The highest BCUT2D eigenvalue weighted by atomic mass is 16.3. The molecule has 0 aliphatic heterocycles. The summed E-state index contributed by atoms with van der Waals surface area (Å²) in [5, 5.41) is 4.60. The molecule has 2 nitrogen and oxygen atoms in total. The highest BCUT2D eigenvalue weighted by molar-refractivity contribution is 6.15. The van der Waals surface area contributed by atoms with Gasteiger partial charge in [-0.3, -0.25) is 0 Å². The normalized spacial score (nSPS) is 13.1. The molecule has 11 rings (SSSR count). The van der Waals surface area contributed by atoms with Crippen molar-refractivity contribution < 1.29 is 4.42 Å². The summed E-state index contributed by atoms with van der Waals surface area (Å²) in [4.78, 5) is 2.45. The van der Waals surface area contributed by atoms with Crippen LogP contribution in [0.5, 0.6) is 0 Å². The van der Waals surface area contributed by atoms with E-state index in [1.165, 1.54) is 60.8 Å². The molecule has 2 heteroatoms. The lowest BCUT2D eigenvalue weighted by Crippen LogP contribution is -2.15. The minimum Gasteiger partial charge on any atom is -0.455 e. The molecule has 0 saturated carbocycles. The first kappa shape index (κ1) is 36.9. The van der Waals surface area contributed by atoms with Crippen molar-refractivity contribution in [2.24, 2.45) is 0 Å². The molecule has 0 N–H and O–H groups in total. The van der Waals surface area contributed by atoms with Gasteiger partial charge in [-0.05, 0) is 103 Å². The minimum absolute atomic E-state index is 0.0899. The number of anilines is 3. The highest BCUT2D eigenvalue weighted by Crippen LogP contribution is 2.52. The smallest absolute Gasteiger partial charge is 0.143 e. The molecule has 0 spiro atoms. The average Bonchev–Trinajstić information content (AvgIpc) is 3.78. The fourth-order valence-corrected chi connectivity index (χ4v) is 9.77. The van der Waals surface area contributed by atoms with Gasteiger partial charge in [-0.15, -0.1) is 0 Å². The van der Waals surface area contributed by atoms with Gasteiger partial charge in [0.25, 0.3) is 0 Å². The molecule has 1 heterocycles. The number of fused-ring (bicyclic) bond motifs is 7. The Morgan fingerprint density at radius 1 is 0.443 bits per heavy atom. The van der Waals surface area contributed by atoms with Gasteiger partial charge in [0.15, 0.2) is 0 Å². The number of furan rings is 1. The summed E-state index contributed by atoms with van der Waals surface area (Å²) >= 11 is 0. The summed E-state index contributed by atoms with van der Waals surface area (Å²) in [5.41, 5.74) is 18.8. The predicted octanol–water partition coefficient (Wildman–Crippen LogP) is 16.8. The number of nitrogens with zero attached hydrogens (tertiary/aromatic N) is 1. The monoisotopic (exact) mass is 785 g/mol. The van der Waals surface area contributed by atoms with Gasteiger partial charge in [0.2, 0.25) is 0 Å². The van der Waals surface area contributed by atoms with Gasteiger partial charge in [-0.2, -0.15) is 0 Å². The lowest BCUT2D eigenvalue weighted by atomic mass is 9.82. The molecule has 1 aromatic heterocycles. The Balaban J connectivity index is 1.08. The Hall–Kier alpha value is -7.16. The Labute approximate surface area is 358 Å². The van der Waals surface area contributed by atoms with Crippen molar-refractivity contribution in [2.45, 2.75) is 45.4 Å². The molecule has 1 aliphatic rings. The number of benzene rings is 9. The molecule has 0 fully saturated rings. The number of hydrogen-bond donors (Lipinski definition) is 0. The second-order valence-corrected chi connectivity index (χ2v) is 18.1. The van der Waals surface area contributed by atoms with Crippen molar-refractivity contribution in [3.63, 3.8) is 0 Å². The Bertz CT molecular complexity index is 3290. The SMILES string of the molecule is CC(C)(C)c1ccc(-c2ccc(-c3ccc(N(c4ccc5c(c4)-c4ccccc4C5(C)C)c4ccc5ccccc5c4-c4cccc5c4oc4ccccc45)cc3)cc2)cc1. The molecular weight excluding hydrogens is 739 g/mol. The molecular formula is C59H47NO. The Morgan fingerprint density at radius 3 is 1.72 bits per heavy atom. The number of para-hydroxylation sites is 2. The van der Waals surface area contributed by atoms with Crippen molar-refractivity contribution in [3.8, 4) is 44.5 Å². The minimum atomic E-state index is -0.0899. The van der Waals surface area contributed by atoms with Crippen molar-refractivity contribution in [1.82, 2.24) is 0 Å². The van der Waals surface area contributed by atoms with E-state index in [-0.39, 0.29) is 10.8 Å². The van der Waals surface area contributed by atoms with E-state index in [0.717, 1.165) is 50.1 Å². The predicted molar refractivity (Wildman–Crippen MR) is 258 cm³/mol. The van der Waals surface area contributed by atoms with Crippen molar-refractivity contribution >= 4 is 49.8 Å². The second kappa shape index (κ2) is 14.0. The molecule has 1 aliphatic carbocycles. The summed E-state index contributed by atoms with van der Waals surface area (Å²) in [5.74, 6) is 0. The molecule has 0 atom stereocenters. The maximum atomic E-state index is 6.76. The lowest BCUT2D eigenvalue weighted by molar-refractivity contribution is 0.590. The third-order valence-electron chi connectivity index (χ3n) is 13.1. The zero-order valence-corrected chi connectivity index (χ0v) is 35.3. The summed E-state index contributed by atoms with van der Waals surface area (Å²) in [6.07, 6.45) is 0. The fourth-order valence-electron chi connectivity index (χ4n) is 9.77. The van der Waals surface area contributed by atoms with E-state index in [4.69, 9.17) is 4.42 Å². The van der Waals surface area contributed by atoms with Crippen LogP contribution in [0.15, 0.2) is 199 Å². The molecule has 10 aromatic rings. The van der Waals surface area contributed by atoms with Crippen LogP contribution in [0.3, 0.4) is 0 Å². The molecule has 294 valence electrons. The van der Waals surface area contributed by atoms with Gasteiger partial charge < -0.3 is 9.32 Å². The fraction of sp³-hybridized carbons (Fsp3) is 0.119. The summed E-state index contributed by atoms with van der Waals surface area (Å²) in [6, 6.07) is 71.3. The van der Waals surface area contributed by atoms with Crippen molar-refractivity contribution in [3.05, 3.63) is 211 Å². The van der Waals surface area contributed by atoms with Crippen molar-refractivity contribution in [1.29, 1.82) is 0 Å². The largest absolute Gasteiger partial charge is 0.455 e. The molecule has 0 radical (unpaired) electrons. The van der Waals surface area contributed by atoms with Crippen molar-refractivity contribution in [2.75, 3.05) is 4.90 Å². The first-order chi connectivity index (χ1) is 29.6. The van der Waals surface area contributed by atoms with Crippen LogP contribution in [0.2, 0.25) is 0 Å². The van der Waals surface area contributed by atoms with E-state index in [1.54, 1.807) is 0 Å². The van der Waals surface area contributed by atoms with E-state index >= 15 is 0 Å². The zero-order valence-electron chi connectivity index (χ0n) is 35.3. The highest BCUT2D eigenvalue weighted by Gasteiger charge is 2.36. The molecule has 61 heavy (non-hydrogen) atoms. The van der Waals surface area contributed by atoms with Crippen LogP contribution >= 0.6 is 0 Å². The van der Waals surface area contributed by atoms with Gasteiger partial charge in [0.05, 0.1) is 5.69 Å². The average molecular weight is 786 g/mol. The van der Waals surface area contributed by atoms with E-state index in [1.807, 2.05) is 6.07 Å². The first-order valence-corrected chi connectivity index (χ1v) is 21.4. The van der Waals surface area contributed by atoms with Gasteiger partial charge >= 0.3 is 0 Å². The van der Waals surface area contributed by atoms with E-state index in [0.29, 0.717) is 0 Å². The van der Waals surface area contributed by atoms with Gasteiger partial charge in [-0.1, -0.05) is 192 Å².